The number of halogens is 1. The number of aromatic nitrogens is 2. The molecule has 0 saturated heterocycles. The lowest BCUT2D eigenvalue weighted by molar-refractivity contribution is 0.197. The van der Waals surface area contributed by atoms with Gasteiger partial charge in [0.25, 0.3) is 5.56 Å². The summed E-state index contributed by atoms with van der Waals surface area (Å²) < 4.78 is 13.3. The van der Waals surface area contributed by atoms with E-state index in [-0.39, 0.29) is 11.0 Å². The van der Waals surface area contributed by atoms with Crippen LogP contribution in [0.15, 0.2) is 87.1 Å². The van der Waals surface area contributed by atoms with Gasteiger partial charge in [0.05, 0.1) is 23.7 Å². The molecule has 2 aromatic heterocycles. The van der Waals surface area contributed by atoms with Crippen LogP contribution >= 0.6 is 11.6 Å². The first kappa shape index (κ1) is 22.9. The van der Waals surface area contributed by atoms with Gasteiger partial charge in [-0.2, -0.15) is 9.78 Å². The van der Waals surface area contributed by atoms with Gasteiger partial charge in [-0.3, -0.25) is 4.79 Å². The molecule has 5 aromatic rings. The molecular formula is C28H24ClN3O3. The Morgan fingerprint density at radius 1 is 1.06 bits per heavy atom. The van der Waals surface area contributed by atoms with Crippen molar-refractivity contribution in [3.63, 3.8) is 0 Å². The first-order valence-corrected chi connectivity index (χ1v) is 11.6. The lowest BCUT2D eigenvalue weighted by atomic mass is 9.99. The van der Waals surface area contributed by atoms with Crippen molar-refractivity contribution in [3.8, 4) is 17.3 Å². The van der Waals surface area contributed by atoms with Crippen LogP contribution in [0.2, 0.25) is 5.02 Å². The summed E-state index contributed by atoms with van der Waals surface area (Å²) in [4.78, 5) is 18.2. The molecule has 0 aliphatic heterocycles. The third-order valence-corrected chi connectivity index (χ3v) is 5.58. The Balaban J connectivity index is 1.64. The molecule has 3 aromatic carbocycles. The second-order valence-electron chi connectivity index (χ2n) is 9.49. The van der Waals surface area contributed by atoms with Crippen molar-refractivity contribution >= 4 is 39.7 Å². The van der Waals surface area contributed by atoms with Crippen molar-refractivity contribution in [2.45, 2.75) is 20.8 Å². The number of nitrogens with zero attached hydrogens (tertiary/aromatic N) is 3. The number of fused-ring (bicyclic) bond motifs is 2. The third-order valence-electron chi connectivity index (χ3n) is 5.34. The minimum Gasteiger partial charge on any atom is -0.492 e. The Kier molecular flexibility index (Phi) is 5.91. The first-order chi connectivity index (χ1) is 16.8. The smallest absolute Gasteiger partial charge is 0.282 e. The molecule has 7 heteroatoms. The Labute approximate surface area is 207 Å². The van der Waals surface area contributed by atoms with Crippen molar-refractivity contribution in [1.82, 2.24) is 9.66 Å². The predicted octanol–water partition coefficient (Wildman–Crippen LogP) is 6.77. The average Bonchev–Trinajstić information content (AvgIpc) is 3.25. The molecule has 2 heterocycles. The summed E-state index contributed by atoms with van der Waals surface area (Å²) in [7, 11) is 0. The largest absolute Gasteiger partial charge is 0.492 e. The van der Waals surface area contributed by atoms with Crippen LogP contribution in [-0.4, -0.2) is 22.5 Å². The Hall–Kier alpha value is -3.90. The summed E-state index contributed by atoms with van der Waals surface area (Å²) in [5.41, 5.74) is 1.66. The van der Waals surface area contributed by atoms with Crippen LogP contribution in [-0.2, 0) is 0 Å². The van der Waals surface area contributed by atoms with E-state index < -0.39 is 0 Å². The first-order valence-electron chi connectivity index (χ1n) is 11.3. The quantitative estimate of drug-likeness (QED) is 0.257. The van der Waals surface area contributed by atoms with Gasteiger partial charge in [0.1, 0.15) is 11.3 Å². The molecule has 5 rings (SSSR count). The number of furan rings is 1. The predicted molar refractivity (Wildman–Crippen MR) is 141 cm³/mol. The van der Waals surface area contributed by atoms with Gasteiger partial charge in [0, 0.05) is 16.0 Å². The molecule has 0 radical (unpaired) electrons. The van der Waals surface area contributed by atoms with Crippen molar-refractivity contribution in [3.05, 3.63) is 93.7 Å². The fraction of sp³-hybridized carbons (Fsp3) is 0.179. The highest BCUT2D eigenvalue weighted by atomic mass is 35.5. The van der Waals surface area contributed by atoms with Gasteiger partial charge in [-0.1, -0.05) is 56.6 Å². The molecule has 0 saturated carbocycles. The van der Waals surface area contributed by atoms with Gasteiger partial charge in [0.2, 0.25) is 5.82 Å². The summed E-state index contributed by atoms with van der Waals surface area (Å²) in [5, 5.41) is 6.42. The zero-order chi connectivity index (χ0) is 24.6. The van der Waals surface area contributed by atoms with Crippen molar-refractivity contribution in [2.75, 3.05) is 6.61 Å². The molecule has 0 bridgehead atoms. The number of benzene rings is 3. The minimum atomic E-state index is -0.298. The summed E-state index contributed by atoms with van der Waals surface area (Å²) in [6.45, 7) is 6.87. The number of hydrogen-bond donors (Lipinski definition) is 0. The number of ether oxygens (including phenoxy) is 1. The Morgan fingerprint density at radius 3 is 2.66 bits per heavy atom. The van der Waals surface area contributed by atoms with Crippen LogP contribution in [0.5, 0.6) is 5.75 Å². The van der Waals surface area contributed by atoms with Crippen LogP contribution in [0.1, 0.15) is 26.3 Å². The molecule has 176 valence electrons. The van der Waals surface area contributed by atoms with Crippen LogP contribution in [0.25, 0.3) is 33.5 Å². The van der Waals surface area contributed by atoms with E-state index in [1.54, 1.807) is 42.6 Å². The monoisotopic (exact) mass is 485 g/mol. The normalized spacial score (nSPS) is 12.1. The SMILES string of the molecule is CC(C)(C)COc1ccccc1C=Nn1c(-c2cc3cc(Cl)ccc3o2)nc2ccccc2c1=O. The molecule has 0 amide bonds. The van der Waals surface area contributed by atoms with Gasteiger partial charge < -0.3 is 9.15 Å². The molecule has 6 nitrogen and oxygen atoms in total. The minimum absolute atomic E-state index is 0.000810. The zero-order valence-corrected chi connectivity index (χ0v) is 20.4. The van der Waals surface area contributed by atoms with E-state index in [2.05, 4.69) is 25.9 Å². The molecule has 0 fully saturated rings. The van der Waals surface area contributed by atoms with Gasteiger partial charge in [-0.15, -0.1) is 0 Å². The molecule has 0 aliphatic carbocycles. The third kappa shape index (κ3) is 4.84. The second kappa shape index (κ2) is 9.04. The fourth-order valence-corrected chi connectivity index (χ4v) is 3.83. The van der Waals surface area contributed by atoms with Crippen LogP contribution in [0.4, 0.5) is 0 Å². The van der Waals surface area contributed by atoms with Gasteiger partial charge in [0.15, 0.2) is 5.76 Å². The number of hydrogen-bond acceptors (Lipinski definition) is 5. The van der Waals surface area contributed by atoms with Crippen LogP contribution < -0.4 is 10.3 Å². The summed E-state index contributed by atoms with van der Waals surface area (Å²) in [5.74, 6) is 1.40. The van der Waals surface area contributed by atoms with Crippen molar-refractivity contribution < 1.29 is 9.15 Å². The number of rotatable bonds is 5. The molecule has 0 N–H and O–H groups in total. The van der Waals surface area contributed by atoms with E-state index in [0.29, 0.717) is 45.4 Å². The second-order valence-corrected chi connectivity index (χ2v) is 9.93. The Morgan fingerprint density at radius 2 is 1.83 bits per heavy atom. The van der Waals surface area contributed by atoms with Crippen molar-refractivity contribution in [2.24, 2.45) is 10.5 Å². The molecule has 35 heavy (non-hydrogen) atoms. The van der Waals surface area contributed by atoms with Gasteiger partial charge >= 0.3 is 0 Å². The lowest BCUT2D eigenvalue weighted by Gasteiger charge is -2.19. The van der Waals surface area contributed by atoms with E-state index in [4.69, 9.17) is 25.7 Å². The molecular weight excluding hydrogens is 462 g/mol. The summed E-state index contributed by atoms with van der Waals surface area (Å²) in [6.07, 6.45) is 1.61. The summed E-state index contributed by atoms with van der Waals surface area (Å²) in [6, 6.07) is 21.9. The number of para-hydroxylation sites is 2. The van der Waals surface area contributed by atoms with E-state index in [1.165, 1.54) is 4.68 Å². The summed E-state index contributed by atoms with van der Waals surface area (Å²) >= 11 is 6.15. The van der Waals surface area contributed by atoms with Crippen LogP contribution in [0.3, 0.4) is 0 Å². The lowest BCUT2D eigenvalue weighted by Crippen LogP contribution is -2.20. The van der Waals surface area contributed by atoms with Crippen molar-refractivity contribution in [1.29, 1.82) is 0 Å². The van der Waals surface area contributed by atoms with E-state index in [0.717, 1.165) is 10.9 Å². The molecule has 0 aliphatic rings. The fourth-order valence-electron chi connectivity index (χ4n) is 3.65. The Bertz CT molecular complexity index is 1630. The zero-order valence-electron chi connectivity index (χ0n) is 19.7. The maximum absolute atomic E-state index is 13.5. The van der Waals surface area contributed by atoms with Gasteiger partial charge in [-0.25, -0.2) is 4.98 Å². The topological polar surface area (TPSA) is 69.6 Å². The highest BCUT2D eigenvalue weighted by Crippen LogP contribution is 2.29. The van der Waals surface area contributed by atoms with E-state index in [9.17, 15) is 4.79 Å². The molecule has 0 unspecified atom stereocenters. The molecule has 0 atom stereocenters. The maximum atomic E-state index is 13.5. The van der Waals surface area contributed by atoms with Gasteiger partial charge in [-0.05, 0) is 53.9 Å². The van der Waals surface area contributed by atoms with E-state index in [1.807, 2.05) is 36.4 Å². The standard InChI is InChI=1S/C28H24ClN3O3/c1-28(2,3)17-34-23-11-7-4-8-18(23)16-30-32-26(31-22-10-6-5-9-21(22)27(32)33)25-15-19-14-20(29)12-13-24(19)35-25/h4-16H,17H2,1-3H3. The molecule has 0 spiro atoms. The average molecular weight is 486 g/mol. The maximum Gasteiger partial charge on any atom is 0.282 e. The van der Waals surface area contributed by atoms with Crippen LogP contribution in [0, 0.1) is 5.41 Å². The van der Waals surface area contributed by atoms with E-state index >= 15 is 0 Å². The highest BCUT2D eigenvalue weighted by molar-refractivity contribution is 6.31. The highest BCUT2D eigenvalue weighted by Gasteiger charge is 2.17.